The summed E-state index contributed by atoms with van der Waals surface area (Å²) in [6.45, 7) is 4.06. The second kappa shape index (κ2) is 9.20. The van der Waals surface area contributed by atoms with Crippen LogP contribution in [0.2, 0.25) is 5.02 Å². The van der Waals surface area contributed by atoms with Crippen LogP contribution >= 0.6 is 11.6 Å². The number of carbonyl (C=O) groups excluding carboxylic acids is 2. The van der Waals surface area contributed by atoms with E-state index >= 15 is 0 Å². The summed E-state index contributed by atoms with van der Waals surface area (Å²) in [4.78, 5) is 23.9. The van der Waals surface area contributed by atoms with E-state index < -0.39 is 0 Å². The molecule has 0 aromatic heterocycles. The third kappa shape index (κ3) is 5.89. The number of carbonyl (C=O) groups is 2. The maximum Gasteiger partial charge on any atom is 0.275 e. The number of benzene rings is 2. The number of quaternary nitrogens is 1. The maximum absolute atomic E-state index is 12.0. The number of hydrogen-bond donors (Lipinski definition) is 3. The van der Waals surface area contributed by atoms with Crippen molar-refractivity contribution in [3.8, 4) is 0 Å². The first kappa shape index (κ1) is 19.0. The van der Waals surface area contributed by atoms with Crippen molar-refractivity contribution in [1.29, 1.82) is 0 Å². The van der Waals surface area contributed by atoms with Gasteiger partial charge in [-0.05, 0) is 31.5 Å². The average Bonchev–Trinajstić information content (AvgIpc) is 2.62. The Balaban J connectivity index is 1.74. The number of rotatable bonds is 7. The molecule has 1 atom stereocenters. The van der Waals surface area contributed by atoms with Crippen molar-refractivity contribution >= 4 is 29.1 Å². The van der Waals surface area contributed by atoms with Gasteiger partial charge >= 0.3 is 0 Å². The second-order valence-electron chi connectivity index (χ2n) is 5.88. The Bertz CT molecular complexity index is 735. The first-order valence-electron chi connectivity index (χ1n) is 8.17. The lowest BCUT2D eigenvalue weighted by Gasteiger charge is -2.12. The van der Waals surface area contributed by atoms with E-state index in [0.717, 1.165) is 11.1 Å². The van der Waals surface area contributed by atoms with E-state index in [0.29, 0.717) is 10.7 Å². The van der Waals surface area contributed by atoms with Crippen LogP contribution < -0.4 is 16.0 Å². The summed E-state index contributed by atoms with van der Waals surface area (Å²) >= 11 is 6.02. The fraction of sp³-hybridized carbons (Fsp3) is 0.263. The summed E-state index contributed by atoms with van der Waals surface area (Å²) in [5.74, 6) is -0.462. The summed E-state index contributed by atoms with van der Waals surface area (Å²) in [6.07, 6.45) is 0. The standard InChI is InChI=1S/C19H22ClN3O2/c1-13-16(20)9-6-10-17(13)23-19(25)12-22-18(24)11-21-14(2)15-7-4-3-5-8-15/h3-10,14,21H,11-12H2,1-2H3,(H,22,24)(H,23,25)/p+1/t14-/m0/s1. The van der Waals surface area contributed by atoms with Crippen LogP contribution in [0.25, 0.3) is 0 Å². The Morgan fingerprint density at radius 1 is 1.08 bits per heavy atom. The molecule has 132 valence electrons. The van der Waals surface area contributed by atoms with Gasteiger partial charge in [0.15, 0.2) is 6.54 Å². The van der Waals surface area contributed by atoms with E-state index in [4.69, 9.17) is 11.6 Å². The predicted octanol–water partition coefficient (Wildman–Crippen LogP) is 2.03. The van der Waals surface area contributed by atoms with E-state index in [-0.39, 0.29) is 30.9 Å². The molecule has 25 heavy (non-hydrogen) atoms. The lowest BCUT2D eigenvalue weighted by atomic mass is 10.1. The van der Waals surface area contributed by atoms with Crippen LogP contribution in [0.1, 0.15) is 24.1 Å². The van der Waals surface area contributed by atoms with Crippen molar-refractivity contribution in [1.82, 2.24) is 5.32 Å². The zero-order valence-corrected chi connectivity index (χ0v) is 15.1. The lowest BCUT2D eigenvalue weighted by Crippen LogP contribution is -2.87. The van der Waals surface area contributed by atoms with Crippen molar-refractivity contribution < 1.29 is 14.9 Å². The van der Waals surface area contributed by atoms with E-state index in [9.17, 15) is 9.59 Å². The van der Waals surface area contributed by atoms with Crippen LogP contribution in [0.4, 0.5) is 5.69 Å². The largest absolute Gasteiger partial charge is 0.342 e. The molecule has 0 aliphatic carbocycles. The molecule has 0 heterocycles. The Labute approximate surface area is 152 Å². The van der Waals surface area contributed by atoms with Crippen molar-refractivity contribution in [2.24, 2.45) is 0 Å². The molecule has 0 bridgehead atoms. The monoisotopic (exact) mass is 360 g/mol. The summed E-state index contributed by atoms with van der Waals surface area (Å²) in [6, 6.07) is 15.4. The van der Waals surface area contributed by atoms with Crippen molar-refractivity contribution in [3.63, 3.8) is 0 Å². The third-order valence-electron chi connectivity index (χ3n) is 3.97. The minimum absolute atomic E-state index is 0.0711. The molecule has 0 fully saturated rings. The van der Waals surface area contributed by atoms with Crippen LogP contribution in [-0.2, 0) is 9.59 Å². The summed E-state index contributed by atoms with van der Waals surface area (Å²) < 4.78 is 0. The molecule has 0 saturated heterocycles. The maximum atomic E-state index is 12.0. The average molecular weight is 361 g/mol. The molecule has 0 spiro atoms. The Morgan fingerprint density at radius 3 is 2.52 bits per heavy atom. The van der Waals surface area contributed by atoms with Crippen LogP contribution in [0, 0.1) is 6.92 Å². The molecule has 2 rings (SSSR count). The molecule has 6 heteroatoms. The van der Waals surface area contributed by atoms with Crippen molar-refractivity contribution in [2.45, 2.75) is 19.9 Å². The van der Waals surface area contributed by atoms with E-state index in [1.54, 1.807) is 18.2 Å². The number of halogens is 1. The molecule has 2 aromatic carbocycles. The second-order valence-corrected chi connectivity index (χ2v) is 6.28. The molecule has 4 N–H and O–H groups in total. The highest BCUT2D eigenvalue weighted by atomic mass is 35.5. The van der Waals surface area contributed by atoms with Crippen LogP contribution in [-0.4, -0.2) is 24.9 Å². The first-order valence-corrected chi connectivity index (χ1v) is 8.55. The molecular weight excluding hydrogens is 338 g/mol. The molecular formula is C19H23ClN3O2+. The van der Waals surface area contributed by atoms with Gasteiger partial charge in [-0.2, -0.15) is 0 Å². The molecule has 2 amide bonds. The predicted molar refractivity (Wildman–Crippen MR) is 99.5 cm³/mol. The molecule has 0 saturated carbocycles. The van der Waals surface area contributed by atoms with E-state index in [1.165, 1.54) is 0 Å². The van der Waals surface area contributed by atoms with Crippen LogP contribution in [0.15, 0.2) is 48.5 Å². The lowest BCUT2D eigenvalue weighted by molar-refractivity contribution is -0.682. The number of anilines is 1. The minimum atomic E-state index is -0.283. The topological polar surface area (TPSA) is 74.8 Å². The van der Waals surface area contributed by atoms with Gasteiger partial charge in [-0.3, -0.25) is 9.59 Å². The van der Waals surface area contributed by atoms with Gasteiger partial charge in [0.2, 0.25) is 5.91 Å². The van der Waals surface area contributed by atoms with Gasteiger partial charge in [0.05, 0.1) is 6.54 Å². The smallest absolute Gasteiger partial charge is 0.275 e. The van der Waals surface area contributed by atoms with E-state index in [1.807, 2.05) is 49.5 Å². The fourth-order valence-corrected chi connectivity index (χ4v) is 2.54. The van der Waals surface area contributed by atoms with Gasteiger partial charge in [-0.25, -0.2) is 0 Å². The Kier molecular flexibility index (Phi) is 6.98. The van der Waals surface area contributed by atoms with E-state index in [2.05, 4.69) is 10.6 Å². The van der Waals surface area contributed by atoms with Crippen LogP contribution in [0.5, 0.6) is 0 Å². The van der Waals surface area contributed by atoms with Gasteiger partial charge in [0.1, 0.15) is 6.04 Å². The fourth-order valence-electron chi connectivity index (χ4n) is 2.36. The van der Waals surface area contributed by atoms with Gasteiger partial charge in [0.25, 0.3) is 5.91 Å². The zero-order valence-electron chi connectivity index (χ0n) is 14.4. The minimum Gasteiger partial charge on any atom is -0.342 e. The molecule has 0 aliphatic rings. The van der Waals surface area contributed by atoms with Crippen molar-refractivity contribution in [3.05, 3.63) is 64.7 Å². The highest BCUT2D eigenvalue weighted by molar-refractivity contribution is 6.31. The number of nitrogens with two attached hydrogens (primary N) is 1. The zero-order chi connectivity index (χ0) is 18.2. The summed E-state index contributed by atoms with van der Waals surface area (Å²) in [7, 11) is 0. The van der Waals surface area contributed by atoms with Gasteiger partial charge in [0, 0.05) is 16.3 Å². The van der Waals surface area contributed by atoms with Crippen LogP contribution in [0.3, 0.4) is 0 Å². The number of amides is 2. The molecule has 0 unspecified atom stereocenters. The number of hydrogen-bond acceptors (Lipinski definition) is 2. The van der Waals surface area contributed by atoms with Gasteiger partial charge < -0.3 is 16.0 Å². The first-order chi connectivity index (χ1) is 12.0. The molecule has 5 nitrogen and oxygen atoms in total. The SMILES string of the molecule is Cc1c(Cl)cccc1NC(=O)CNC(=O)C[NH2+][C@@H](C)c1ccccc1. The highest BCUT2D eigenvalue weighted by Crippen LogP contribution is 2.22. The summed E-state index contributed by atoms with van der Waals surface area (Å²) in [5, 5.41) is 7.90. The van der Waals surface area contributed by atoms with Gasteiger partial charge in [-0.1, -0.05) is 48.0 Å². The molecule has 0 aliphatic heterocycles. The highest BCUT2D eigenvalue weighted by Gasteiger charge is 2.12. The summed E-state index contributed by atoms with van der Waals surface area (Å²) in [5.41, 5.74) is 2.61. The number of nitrogens with one attached hydrogen (secondary N) is 2. The molecule has 0 radical (unpaired) electrons. The Hall–Kier alpha value is -2.37. The normalized spacial score (nSPS) is 11.6. The van der Waals surface area contributed by atoms with Crippen molar-refractivity contribution in [2.75, 3.05) is 18.4 Å². The quantitative estimate of drug-likeness (QED) is 0.706. The Morgan fingerprint density at radius 2 is 1.80 bits per heavy atom. The third-order valence-corrected chi connectivity index (χ3v) is 4.38. The molecule has 2 aromatic rings. The van der Waals surface area contributed by atoms with Gasteiger partial charge in [-0.15, -0.1) is 0 Å².